The van der Waals surface area contributed by atoms with Gasteiger partial charge < -0.3 is 10.6 Å². The Balaban J connectivity index is 2.51. The van der Waals surface area contributed by atoms with Crippen molar-refractivity contribution in [2.75, 3.05) is 25.1 Å². The first-order chi connectivity index (χ1) is 6.79. The molecule has 0 radical (unpaired) electrons. The number of nitrogens with zero attached hydrogens (tertiary/aromatic N) is 1. The molecule has 5 nitrogen and oxygen atoms in total. The van der Waals surface area contributed by atoms with Crippen LogP contribution in [-0.4, -0.2) is 50.4 Å². The molecule has 2 unspecified atom stereocenters. The van der Waals surface area contributed by atoms with Gasteiger partial charge in [0.15, 0.2) is 9.84 Å². The first kappa shape index (κ1) is 12.4. The summed E-state index contributed by atoms with van der Waals surface area (Å²) in [6, 6.07) is 0.0565. The maximum atomic E-state index is 11.5. The van der Waals surface area contributed by atoms with E-state index in [-0.39, 0.29) is 11.9 Å². The largest absolute Gasteiger partial charge is 0.341 e. The van der Waals surface area contributed by atoms with Gasteiger partial charge in [0, 0.05) is 25.4 Å². The van der Waals surface area contributed by atoms with Gasteiger partial charge in [0.1, 0.15) is 5.75 Å². The van der Waals surface area contributed by atoms with Crippen LogP contribution in [0.1, 0.15) is 13.3 Å². The van der Waals surface area contributed by atoms with Crippen LogP contribution in [0.3, 0.4) is 0 Å². The molecule has 88 valence electrons. The normalized spacial score (nSPS) is 24.2. The summed E-state index contributed by atoms with van der Waals surface area (Å²) in [7, 11) is -3.22. The van der Waals surface area contributed by atoms with E-state index in [9.17, 15) is 13.2 Å². The number of sulfone groups is 1. The fourth-order valence-corrected chi connectivity index (χ4v) is 2.39. The first-order valence-corrected chi connectivity index (χ1v) is 7.07. The Morgan fingerprint density at radius 3 is 2.60 bits per heavy atom. The summed E-state index contributed by atoms with van der Waals surface area (Å²) in [5.74, 6) is -0.396. The number of carbonyl (C=O) groups is 1. The fourth-order valence-electron chi connectivity index (χ4n) is 1.76. The van der Waals surface area contributed by atoms with Gasteiger partial charge >= 0.3 is 0 Å². The molecule has 6 heteroatoms. The van der Waals surface area contributed by atoms with Crippen LogP contribution in [0, 0.1) is 5.92 Å². The number of nitrogens with two attached hydrogens (primary N) is 1. The Kier molecular flexibility index (Phi) is 3.72. The Hall–Kier alpha value is -0.620. The average Bonchev–Trinajstić information content (AvgIpc) is 2.47. The van der Waals surface area contributed by atoms with E-state index in [0.717, 1.165) is 12.7 Å². The van der Waals surface area contributed by atoms with E-state index >= 15 is 0 Å². The van der Waals surface area contributed by atoms with Gasteiger partial charge in [-0.15, -0.1) is 0 Å². The highest BCUT2D eigenvalue weighted by Crippen LogP contribution is 2.18. The molecule has 0 saturated carbocycles. The monoisotopic (exact) mass is 234 g/mol. The van der Waals surface area contributed by atoms with Gasteiger partial charge in [-0.2, -0.15) is 0 Å². The minimum atomic E-state index is -3.22. The number of likely N-dealkylation sites (tertiary alicyclic amines) is 1. The molecule has 2 atom stereocenters. The van der Waals surface area contributed by atoms with Crippen molar-refractivity contribution in [3.63, 3.8) is 0 Å². The topological polar surface area (TPSA) is 80.5 Å². The number of hydrogen-bond donors (Lipinski definition) is 1. The molecular weight excluding hydrogens is 216 g/mol. The first-order valence-electron chi connectivity index (χ1n) is 5.00. The van der Waals surface area contributed by atoms with Crippen molar-refractivity contribution in [1.82, 2.24) is 4.90 Å². The SMILES string of the molecule is CC(N)C1CCN(C(=O)CS(C)(=O)=O)C1. The van der Waals surface area contributed by atoms with E-state index in [1.54, 1.807) is 4.90 Å². The fraction of sp³-hybridized carbons (Fsp3) is 0.889. The average molecular weight is 234 g/mol. The lowest BCUT2D eigenvalue weighted by Gasteiger charge is -2.17. The lowest BCUT2D eigenvalue weighted by molar-refractivity contribution is -0.127. The standard InChI is InChI=1S/C9H18N2O3S/c1-7(10)8-3-4-11(5-8)9(12)6-15(2,13)14/h7-8H,3-6,10H2,1-2H3. The van der Waals surface area contributed by atoms with E-state index in [2.05, 4.69) is 0 Å². The van der Waals surface area contributed by atoms with Crippen LogP contribution in [0.15, 0.2) is 0 Å². The van der Waals surface area contributed by atoms with Crippen molar-refractivity contribution in [3.8, 4) is 0 Å². The van der Waals surface area contributed by atoms with E-state index in [0.29, 0.717) is 19.0 Å². The third kappa shape index (κ3) is 3.79. The molecule has 0 aromatic heterocycles. The second-order valence-electron chi connectivity index (χ2n) is 4.32. The molecule has 1 amide bonds. The molecule has 2 N–H and O–H groups in total. The van der Waals surface area contributed by atoms with Gasteiger partial charge in [-0.25, -0.2) is 8.42 Å². The predicted molar refractivity (Wildman–Crippen MR) is 58.0 cm³/mol. The van der Waals surface area contributed by atoms with Crippen LogP contribution >= 0.6 is 0 Å². The minimum Gasteiger partial charge on any atom is -0.341 e. The Morgan fingerprint density at radius 1 is 1.60 bits per heavy atom. The molecule has 1 rings (SSSR count). The molecular formula is C9H18N2O3S. The van der Waals surface area contributed by atoms with Gasteiger partial charge in [0.25, 0.3) is 0 Å². The van der Waals surface area contributed by atoms with E-state index in [1.165, 1.54) is 0 Å². The molecule has 1 fully saturated rings. The quantitative estimate of drug-likeness (QED) is 0.695. The molecule has 1 heterocycles. The lowest BCUT2D eigenvalue weighted by Crippen LogP contribution is -2.36. The summed E-state index contributed by atoms with van der Waals surface area (Å²) in [6.07, 6.45) is 1.94. The Bertz CT molecular complexity index is 337. The number of rotatable bonds is 3. The van der Waals surface area contributed by atoms with Crippen molar-refractivity contribution in [1.29, 1.82) is 0 Å². The summed E-state index contributed by atoms with van der Waals surface area (Å²) in [5, 5.41) is 0. The Morgan fingerprint density at radius 2 is 2.20 bits per heavy atom. The molecule has 0 aromatic carbocycles. The van der Waals surface area contributed by atoms with Crippen LogP contribution in [-0.2, 0) is 14.6 Å². The summed E-state index contributed by atoms with van der Waals surface area (Å²) in [5.41, 5.74) is 5.73. The molecule has 0 aliphatic carbocycles. The number of hydrogen-bond acceptors (Lipinski definition) is 4. The second kappa shape index (κ2) is 4.49. The Labute approximate surface area is 90.5 Å². The van der Waals surface area contributed by atoms with Crippen molar-refractivity contribution in [2.24, 2.45) is 11.7 Å². The van der Waals surface area contributed by atoms with Gasteiger partial charge in [-0.3, -0.25) is 4.79 Å². The zero-order valence-corrected chi connectivity index (χ0v) is 9.96. The molecule has 1 aliphatic heterocycles. The zero-order chi connectivity index (χ0) is 11.6. The predicted octanol–water partition coefficient (Wildman–Crippen LogP) is -0.773. The lowest BCUT2D eigenvalue weighted by atomic mass is 10.0. The third-order valence-electron chi connectivity index (χ3n) is 2.71. The molecule has 0 bridgehead atoms. The number of amides is 1. The zero-order valence-electron chi connectivity index (χ0n) is 9.14. The molecule has 0 aromatic rings. The van der Waals surface area contributed by atoms with Crippen LogP contribution in [0.2, 0.25) is 0 Å². The van der Waals surface area contributed by atoms with Crippen molar-refractivity contribution in [2.45, 2.75) is 19.4 Å². The number of carbonyl (C=O) groups excluding carboxylic acids is 1. The van der Waals surface area contributed by atoms with Gasteiger partial charge in [-0.05, 0) is 19.3 Å². The van der Waals surface area contributed by atoms with Gasteiger partial charge in [-0.1, -0.05) is 0 Å². The molecule has 1 saturated heterocycles. The second-order valence-corrected chi connectivity index (χ2v) is 6.46. The maximum absolute atomic E-state index is 11.5. The summed E-state index contributed by atoms with van der Waals surface area (Å²) in [6.45, 7) is 3.13. The highest BCUT2D eigenvalue weighted by molar-refractivity contribution is 7.91. The highest BCUT2D eigenvalue weighted by atomic mass is 32.2. The summed E-state index contributed by atoms with van der Waals surface area (Å²) < 4.78 is 21.9. The summed E-state index contributed by atoms with van der Waals surface area (Å²) in [4.78, 5) is 13.1. The maximum Gasteiger partial charge on any atom is 0.237 e. The van der Waals surface area contributed by atoms with E-state index in [4.69, 9.17) is 5.73 Å². The van der Waals surface area contributed by atoms with Crippen molar-refractivity contribution in [3.05, 3.63) is 0 Å². The third-order valence-corrected chi connectivity index (χ3v) is 3.48. The van der Waals surface area contributed by atoms with Crippen molar-refractivity contribution >= 4 is 15.7 Å². The highest BCUT2D eigenvalue weighted by Gasteiger charge is 2.29. The van der Waals surface area contributed by atoms with E-state index < -0.39 is 15.6 Å². The minimum absolute atomic E-state index is 0.0565. The van der Waals surface area contributed by atoms with Crippen molar-refractivity contribution < 1.29 is 13.2 Å². The molecule has 0 spiro atoms. The smallest absolute Gasteiger partial charge is 0.237 e. The van der Waals surface area contributed by atoms with Gasteiger partial charge in [0.05, 0.1) is 0 Å². The summed E-state index contributed by atoms with van der Waals surface area (Å²) >= 11 is 0. The van der Waals surface area contributed by atoms with Crippen LogP contribution < -0.4 is 5.73 Å². The van der Waals surface area contributed by atoms with Crippen LogP contribution in [0.25, 0.3) is 0 Å². The molecule has 1 aliphatic rings. The van der Waals surface area contributed by atoms with Crippen LogP contribution in [0.4, 0.5) is 0 Å². The van der Waals surface area contributed by atoms with Crippen LogP contribution in [0.5, 0.6) is 0 Å². The molecule has 15 heavy (non-hydrogen) atoms. The van der Waals surface area contributed by atoms with Gasteiger partial charge in [0.2, 0.25) is 5.91 Å². The van der Waals surface area contributed by atoms with E-state index in [1.807, 2.05) is 6.92 Å².